The number of nitrogens with zero attached hydrogens (tertiary/aromatic N) is 2. The van der Waals surface area contributed by atoms with Gasteiger partial charge in [-0.05, 0) is 36.1 Å². The molecule has 0 radical (unpaired) electrons. The van der Waals surface area contributed by atoms with Gasteiger partial charge in [-0.15, -0.1) is 0 Å². The van der Waals surface area contributed by atoms with E-state index >= 15 is 0 Å². The van der Waals surface area contributed by atoms with Gasteiger partial charge in [0.25, 0.3) is 5.56 Å². The molecule has 2 heterocycles. The molecule has 2 aromatic carbocycles. The molecule has 2 aromatic heterocycles. The van der Waals surface area contributed by atoms with Crippen molar-refractivity contribution in [3.63, 3.8) is 0 Å². The first-order valence-corrected chi connectivity index (χ1v) is 12.2. The predicted molar refractivity (Wildman–Crippen MR) is 143 cm³/mol. The maximum Gasteiger partial charge on any atom is 0.330 e. The molecule has 0 unspecified atom stereocenters. The standard InChI is InChI=1S/C28H31N5O3/c1-2-3-18-32-26(29)25(27(35)31-28(32)36)33(19-20-10-6-4-7-11-20)24(34)17-15-22-14-16-23(30-22)21-12-8-5-9-13-21/h4-14,16,30H,2-3,15,17-19,29H2,1H3,(H,31,35,36). The molecule has 0 aliphatic rings. The van der Waals surface area contributed by atoms with Crippen LogP contribution < -0.4 is 21.9 Å². The Morgan fingerprint density at radius 1 is 0.944 bits per heavy atom. The number of benzene rings is 2. The zero-order valence-electron chi connectivity index (χ0n) is 20.4. The zero-order valence-corrected chi connectivity index (χ0v) is 20.4. The third kappa shape index (κ3) is 5.66. The Balaban J connectivity index is 1.62. The van der Waals surface area contributed by atoms with Crippen molar-refractivity contribution in [2.24, 2.45) is 0 Å². The van der Waals surface area contributed by atoms with Crippen LogP contribution in [0.3, 0.4) is 0 Å². The number of anilines is 2. The molecule has 1 amide bonds. The largest absolute Gasteiger partial charge is 0.383 e. The average molecular weight is 486 g/mol. The summed E-state index contributed by atoms with van der Waals surface area (Å²) in [6.07, 6.45) is 2.20. The van der Waals surface area contributed by atoms with E-state index in [9.17, 15) is 14.4 Å². The van der Waals surface area contributed by atoms with Crippen LogP contribution in [0.2, 0.25) is 0 Å². The molecular weight excluding hydrogens is 454 g/mol. The number of nitrogens with two attached hydrogens (primary N) is 1. The first-order chi connectivity index (χ1) is 17.5. The summed E-state index contributed by atoms with van der Waals surface area (Å²) in [5.74, 6) is -0.250. The van der Waals surface area contributed by atoms with Gasteiger partial charge in [0.05, 0.1) is 6.54 Å². The Morgan fingerprint density at radius 2 is 1.64 bits per heavy atom. The van der Waals surface area contributed by atoms with Gasteiger partial charge in [-0.25, -0.2) is 4.79 Å². The van der Waals surface area contributed by atoms with Crippen molar-refractivity contribution in [3.8, 4) is 11.3 Å². The number of aromatic nitrogens is 3. The molecule has 8 nitrogen and oxygen atoms in total. The van der Waals surface area contributed by atoms with Gasteiger partial charge in [-0.3, -0.25) is 19.1 Å². The third-order valence-electron chi connectivity index (χ3n) is 6.14. The lowest BCUT2D eigenvalue weighted by atomic mass is 10.1. The number of aromatic amines is 2. The lowest BCUT2D eigenvalue weighted by Gasteiger charge is -2.25. The molecule has 0 saturated heterocycles. The first kappa shape index (κ1) is 24.8. The highest BCUT2D eigenvalue weighted by Crippen LogP contribution is 2.23. The Hall–Kier alpha value is -4.33. The van der Waals surface area contributed by atoms with E-state index < -0.39 is 11.2 Å². The van der Waals surface area contributed by atoms with Crippen LogP contribution in [0.5, 0.6) is 0 Å². The average Bonchev–Trinajstić information content (AvgIpc) is 3.37. The second kappa shape index (κ2) is 11.4. The van der Waals surface area contributed by atoms with Crippen LogP contribution in [0.1, 0.15) is 37.4 Å². The number of nitrogen functional groups attached to an aromatic ring is 1. The van der Waals surface area contributed by atoms with Gasteiger partial charge in [0.1, 0.15) is 5.82 Å². The minimum absolute atomic E-state index is 0.00715. The molecule has 4 aromatic rings. The molecular formula is C28H31N5O3. The highest BCUT2D eigenvalue weighted by atomic mass is 16.2. The number of hydrogen-bond donors (Lipinski definition) is 3. The van der Waals surface area contributed by atoms with E-state index in [0.29, 0.717) is 13.0 Å². The first-order valence-electron chi connectivity index (χ1n) is 12.2. The van der Waals surface area contributed by atoms with Gasteiger partial charge < -0.3 is 15.6 Å². The number of amides is 1. The second-order valence-electron chi connectivity index (χ2n) is 8.73. The van der Waals surface area contributed by atoms with Gasteiger partial charge >= 0.3 is 5.69 Å². The SMILES string of the molecule is CCCCn1c(N)c(N(Cc2ccccc2)C(=O)CCc2ccc(-c3ccccc3)[nH]2)c(=O)[nH]c1=O. The molecule has 0 fully saturated rings. The summed E-state index contributed by atoms with van der Waals surface area (Å²) in [5, 5.41) is 0. The number of carbonyl (C=O) groups excluding carboxylic acids is 1. The van der Waals surface area contributed by atoms with Crippen molar-refractivity contribution in [1.82, 2.24) is 14.5 Å². The van der Waals surface area contributed by atoms with Gasteiger partial charge in [0, 0.05) is 24.4 Å². The number of aryl methyl sites for hydroxylation is 1. The summed E-state index contributed by atoms with van der Waals surface area (Å²) in [5.41, 5.74) is 8.91. The van der Waals surface area contributed by atoms with E-state index in [-0.39, 0.29) is 30.4 Å². The maximum absolute atomic E-state index is 13.5. The van der Waals surface area contributed by atoms with Crippen molar-refractivity contribution >= 4 is 17.4 Å². The molecule has 0 atom stereocenters. The minimum Gasteiger partial charge on any atom is -0.383 e. The maximum atomic E-state index is 13.5. The van der Waals surface area contributed by atoms with Crippen LogP contribution in [0.15, 0.2) is 82.4 Å². The molecule has 0 aliphatic heterocycles. The number of H-pyrrole nitrogens is 2. The number of hydrogen-bond acceptors (Lipinski definition) is 4. The zero-order chi connectivity index (χ0) is 25.5. The van der Waals surface area contributed by atoms with Crippen LogP contribution in [-0.2, 0) is 24.3 Å². The summed E-state index contributed by atoms with van der Waals surface area (Å²) >= 11 is 0. The number of unbranched alkanes of at least 4 members (excludes halogenated alkanes) is 1. The second-order valence-corrected chi connectivity index (χ2v) is 8.73. The van der Waals surface area contributed by atoms with Crippen LogP contribution in [0.25, 0.3) is 11.3 Å². The summed E-state index contributed by atoms with van der Waals surface area (Å²) in [6, 6.07) is 23.3. The van der Waals surface area contributed by atoms with E-state index in [2.05, 4.69) is 9.97 Å². The highest BCUT2D eigenvalue weighted by molar-refractivity contribution is 5.95. The van der Waals surface area contributed by atoms with E-state index in [0.717, 1.165) is 35.4 Å². The fourth-order valence-corrected chi connectivity index (χ4v) is 4.18. The Morgan fingerprint density at radius 3 is 2.33 bits per heavy atom. The molecule has 0 spiro atoms. The molecule has 36 heavy (non-hydrogen) atoms. The van der Waals surface area contributed by atoms with Gasteiger partial charge in [0.2, 0.25) is 5.91 Å². The molecule has 4 rings (SSSR count). The van der Waals surface area contributed by atoms with E-state index in [4.69, 9.17) is 5.73 Å². The highest BCUT2D eigenvalue weighted by Gasteiger charge is 2.24. The van der Waals surface area contributed by atoms with E-state index in [1.54, 1.807) is 0 Å². The van der Waals surface area contributed by atoms with Gasteiger partial charge in [0.15, 0.2) is 5.69 Å². The quantitative estimate of drug-likeness (QED) is 0.314. The van der Waals surface area contributed by atoms with Gasteiger partial charge in [-0.1, -0.05) is 74.0 Å². The Labute approximate surface area is 209 Å². The summed E-state index contributed by atoms with van der Waals surface area (Å²) in [4.78, 5) is 46.0. The topological polar surface area (TPSA) is 117 Å². The molecule has 0 bridgehead atoms. The molecule has 0 aliphatic carbocycles. The molecule has 0 saturated carbocycles. The van der Waals surface area contributed by atoms with Crippen LogP contribution in [0, 0.1) is 0 Å². The van der Waals surface area contributed by atoms with Crippen molar-refractivity contribution in [1.29, 1.82) is 0 Å². The lowest BCUT2D eigenvalue weighted by molar-refractivity contribution is -0.118. The van der Waals surface area contributed by atoms with Crippen molar-refractivity contribution in [3.05, 3.63) is 105 Å². The third-order valence-corrected chi connectivity index (χ3v) is 6.14. The molecule has 4 N–H and O–H groups in total. The van der Waals surface area contributed by atoms with E-state index in [1.807, 2.05) is 79.7 Å². The number of carbonyl (C=O) groups is 1. The predicted octanol–water partition coefficient (Wildman–Crippen LogP) is 4.08. The molecule has 186 valence electrons. The smallest absolute Gasteiger partial charge is 0.330 e. The molecule has 8 heteroatoms. The lowest BCUT2D eigenvalue weighted by Crippen LogP contribution is -2.41. The fraction of sp³-hybridized carbons (Fsp3) is 0.250. The summed E-state index contributed by atoms with van der Waals surface area (Å²) in [7, 11) is 0. The minimum atomic E-state index is -0.666. The number of rotatable bonds is 10. The van der Waals surface area contributed by atoms with Gasteiger partial charge in [-0.2, -0.15) is 0 Å². The Bertz CT molecular complexity index is 1420. The van der Waals surface area contributed by atoms with Crippen LogP contribution in [0.4, 0.5) is 11.5 Å². The van der Waals surface area contributed by atoms with Crippen LogP contribution in [-0.4, -0.2) is 20.4 Å². The summed E-state index contributed by atoms with van der Waals surface area (Å²) < 4.78 is 1.34. The number of nitrogens with one attached hydrogen (secondary N) is 2. The Kier molecular flexibility index (Phi) is 7.85. The van der Waals surface area contributed by atoms with Crippen molar-refractivity contribution in [2.45, 2.75) is 45.7 Å². The fourth-order valence-electron chi connectivity index (χ4n) is 4.18. The normalized spacial score (nSPS) is 10.9. The van der Waals surface area contributed by atoms with Crippen molar-refractivity contribution < 1.29 is 4.79 Å². The van der Waals surface area contributed by atoms with Crippen LogP contribution >= 0.6 is 0 Å². The monoisotopic (exact) mass is 485 g/mol. The summed E-state index contributed by atoms with van der Waals surface area (Å²) in [6.45, 7) is 2.53. The van der Waals surface area contributed by atoms with Crippen molar-refractivity contribution in [2.75, 3.05) is 10.6 Å². The van der Waals surface area contributed by atoms with E-state index in [1.165, 1.54) is 9.47 Å².